The molecule has 212 valence electrons. The highest BCUT2D eigenvalue weighted by Gasteiger charge is 2.31. The van der Waals surface area contributed by atoms with Gasteiger partial charge in [-0.25, -0.2) is 13.4 Å². The predicted octanol–water partition coefficient (Wildman–Crippen LogP) is 6.41. The summed E-state index contributed by atoms with van der Waals surface area (Å²) in [5.41, 5.74) is 5.42. The molecule has 0 N–H and O–H groups in total. The van der Waals surface area contributed by atoms with Crippen LogP contribution in [-0.4, -0.2) is 55.6 Å². The average Bonchev–Trinajstić information content (AvgIpc) is 3.59. The lowest BCUT2D eigenvalue weighted by Gasteiger charge is -2.33. The number of aromatic nitrogens is 2. The summed E-state index contributed by atoms with van der Waals surface area (Å²) in [6.07, 6.45) is 2.64. The van der Waals surface area contributed by atoms with E-state index in [1.54, 1.807) is 28.8 Å². The van der Waals surface area contributed by atoms with E-state index in [-0.39, 0.29) is 0 Å². The number of benzene rings is 2. The lowest BCUT2D eigenvalue weighted by atomic mass is 10.0. The number of fused-ring (bicyclic) bond motifs is 1. The molecule has 3 heterocycles. The highest BCUT2D eigenvalue weighted by Crippen LogP contribution is 2.31. The molecule has 0 amide bonds. The van der Waals surface area contributed by atoms with E-state index in [1.807, 2.05) is 63.7 Å². The fourth-order valence-electron chi connectivity index (χ4n) is 4.85. The molecule has 9 heteroatoms. The topological polar surface area (TPSA) is 67.7 Å². The third kappa shape index (κ3) is 6.31. The Hall–Kier alpha value is -2.88. The zero-order valence-corrected chi connectivity index (χ0v) is 26.1. The van der Waals surface area contributed by atoms with E-state index < -0.39 is 10.0 Å². The number of aryl methyl sites for hydroxylation is 2. The van der Waals surface area contributed by atoms with E-state index in [2.05, 4.69) is 36.3 Å². The molecule has 2 aromatic carbocycles. The van der Waals surface area contributed by atoms with Gasteiger partial charge in [-0.1, -0.05) is 45.9 Å². The zero-order chi connectivity index (χ0) is 28.7. The summed E-state index contributed by atoms with van der Waals surface area (Å²) in [5.74, 6) is 0.932. The molecule has 0 radical (unpaired) electrons. The zero-order valence-electron chi connectivity index (χ0n) is 24.5. The quantitative estimate of drug-likeness (QED) is 0.268. The number of piperazine rings is 1. The maximum Gasteiger partial charge on any atom is 0.243 e. The Balaban J connectivity index is 0.00000100. The first-order valence-electron chi connectivity index (χ1n) is 13.7. The summed E-state index contributed by atoms with van der Waals surface area (Å²) in [5, 5.41) is 3.81. The molecular weight excluding hydrogens is 528 g/mol. The minimum absolute atomic E-state index is 0.379. The van der Waals surface area contributed by atoms with Crippen molar-refractivity contribution in [2.45, 2.75) is 52.9 Å². The average molecular weight is 571 g/mol. The molecule has 5 rings (SSSR count). The number of anilines is 1. The highest BCUT2D eigenvalue weighted by molar-refractivity contribution is 7.89. The molecule has 2 aromatic heterocycles. The molecule has 1 saturated heterocycles. The molecule has 4 aromatic rings. The van der Waals surface area contributed by atoms with Crippen molar-refractivity contribution in [3.63, 3.8) is 0 Å². The van der Waals surface area contributed by atoms with Crippen molar-refractivity contribution in [3.05, 3.63) is 70.4 Å². The molecule has 0 bridgehead atoms. The number of hydrogen-bond acceptors (Lipinski definition) is 6. The summed E-state index contributed by atoms with van der Waals surface area (Å²) in [4.78, 5) is 7.44. The SMILES string of the molecule is CC.CC.COc1c(C)ccc(Cc2csc(N3CCN(S(=O)(=O)c4cccc5c4ccn5C)CC3)n2)c1C. The van der Waals surface area contributed by atoms with Crippen molar-refractivity contribution >= 4 is 37.4 Å². The van der Waals surface area contributed by atoms with Crippen LogP contribution < -0.4 is 9.64 Å². The van der Waals surface area contributed by atoms with Gasteiger partial charge >= 0.3 is 0 Å². The molecule has 0 aliphatic carbocycles. The standard InChI is InChI=1S/C26H30N4O3S2.2C2H6/c1-18-8-9-20(19(2)25(18)33-4)16-21-17-34-26(27-21)29-12-14-30(15-13-29)35(31,32)24-7-5-6-23-22(24)10-11-28(23)3;2*1-2/h5-11,17H,12-16H2,1-4H3;2*1-2H3. The summed E-state index contributed by atoms with van der Waals surface area (Å²) >= 11 is 1.62. The number of thiazole rings is 1. The number of ether oxygens (including phenoxy) is 1. The van der Waals surface area contributed by atoms with Crippen LogP contribution in [0.15, 0.2) is 52.9 Å². The van der Waals surface area contributed by atoms with Crippen LogP contribution in [0, 0.1) is 13.8 Å². The van der Waals surface area contributed by atoms with Crippen LogP contribution in [0.2, 0.25) is 0 Å². The number of methoxy groups -OCH3 is 1. The Morgan fingerprint density at radius 1 is 0.974 bits per heavy atom. The van der Waals surface area contributed by atoms with Gasteiger partial charge in [0.05, 0.1) is 17.7 Å². The fourth-order valence-corrected chi connectivity index (χ4v) is 7.35. The lowest BCUT2D eigenvalue weighted by molar-refractivity contribution is 0.385. The van der Waals surface area contributed by atoms with Gasteiger partial charge in [0.15, 0.2) is 5.13 Å². The van der Waals surface area contributed by atoms with E-state index in [1.165, 1.54) is 5.56 Å². The second kappa shape index (κ2) is 13.5. The number of hydrogen-bond donors (Lipinski definition) is 0. The lowest BCUT2D eigenvalue weighted by Crippen LogP contribution is -2.48. The normalized spacial score (nSPS) is 13.9. The number of nitrogens with zero attached hydrogens (tertiary/aromatic N) is 4. The first-order valence-corrected chi connectivity index (χ1v) is 16.0. The summed E-state index contributed by atoms with van der Waals surface area (Å²) < 4.78 is 36.0. The molecule has 1 aliphatic heterocycles. The van der Waals surface area contributed by atoms with Gasteiger partial charge in [0.2, 0.25) is 10.0 Å². The first kappa shape index (κ1) is 30.7. The van der Waals surface area contributed by atoms with Crippen LogP contribution in [0.5, 0.6) is 5.75 Å². The fraction of sp³-hybridized carbons (Fsp3) is 0.433. The van der Waals surface area contributed by atoms with Crippen LogP contribution in [0.4, 0.5) is 5.13 Å². The summed E-state index contributed by atoms with van der Waals surface area (Å²) in [6, 6.07) is 11.6. The third-order valence-electron chi connectivity index (χ3n) is 6.85. The molecule has 1 aliphatic rings. The van der Waals surface area contributed by atoms with Crippen molar-refractivity contribution < 1.29 is 13.2 Å². The molecule has 0 unspecified atom stereocenters. The van der Waals surface area contributed by atoms with Crippen molar-refractivity contribution in [3.8, 4) is 5.75 Å². The molecule has 0 spiro atoms. The summed E-state index contributed by atoms with van der Waals surface area (Å²) in [6.45, 7) is 14.3. The Kier molecular flexibility index (Phi) is 10.6. The largest absolute Gasteiger partial charge is 0.496 e. The van der Waals surface area contributed by atoms with Crippen molar-refractivity contribution in [1.82, 2.24) is 13.9 Å². The Morgan fingerprint density at radius 3 is 2.33 bits per heavy atom. The van der Waals surface area contributed by atoms with Crippen LogP contribution in [-0.2, 0) is 23.5 Å². The van der Waals surface area contributed by atoms with Crippen LogP contribution in [0.3, 0.4) is 0 Å². The van der Waals surface area contributed by atoms with Crippen LogP contribution >= 0.6 is 11.3 Å². The molecule has 7 nitrogen and oxygen atoms in total. The van der Waals surface area contributed by atoms with Gasteiger partial charge in [-0.15, -0.1) is 11.3 Å². The first-order chi connectivity index (χ1) is 18.8. The van der Waals surface area contributed by atoms with Crippen molar-refractivity contribution in [2.24, 2.45) is 7.05 Å². The van der Waals surface area contributed by atoms with E-state index in [0.717, 1.165) is 45.0 Å². The van der Waals surface area contributed by atoms with Gasteiger partial charge in [-0.2, -0.15) is 4.31 Å². The molecular formula is C30H42N4O3S2. The minimum atomic E-state index is -3.57. The van der Waals surface area contributed by atoms with Crippen molar-refractivity contribution in [2.75, 3.05) is 38.2 Å². The molecule has 0 saturated carbocycles. The van der Waals surface area contributed by atoms with E-state index >= 15 is 0 Å². The van der Waals surface area contributed by atoms with E-state index in [9.17, 15) is 8.42 Å². The molecule has 39 heavy (non-hydrogen) atoms. The van der Waals surface area contributed by atoms with Crippen LogP contribution in [0.1, 0.15) is 50.1 Å². The van der Waals surface area contributed by atoms with Gasteiger partial charge in [0.25, 0.3) is 0 Å². The monoisotopic (exact) mass is 570 g/mol. The minimum Gasteiger partial charge on any atom is -0.496 e. The smallest absolute Gasteiger partial charge is 0.243 e. The maximum absolute atomic E-state index is 13.4. The highest BCUT2D eigenvalue weighted by atomic mass is 32.2. The van der Waals surface area contributed by atoms with Gasteiger partial charge < -0.3 is 14.2 Å². The Bertz CT molecular complexity index is 1480. The van der Waals surface area contributed by atoms with Gasteiger partial charge in [0, 0.05) is 62.1 Å². The predicted molar refractivity (Wildman–Crippen MR) is 164 cm³/mol. The van der Waals surface area contributed by atoms with Gasteiger partial charge in [0.1, 0.15) is 5.75 Å². The Labute approximate surface area is 238 Å². The maximum atomic E-state index is 13.4. The second-order valence-corrected chi connectivity index (χ2v) is 11.7. The van der Waals surface area contributed by atoms with E-state index in [4.69, 9.17) is 9.72 Å². The number of sulfonamides is 1. The van der Waals surface area contributed by atoms with E-state index in [0.29, 0.717) is 31.1 Å². The van der Waals surface area contributed by atoms with Crippen molar-refractivity contribution in [1.29, 1.82) is 0 Å². The third-order valence-corrected chi connectivity index (χ3v) is 9.75. The Morgan fingerprint density at radius 2 is 1.67 bits per heavy atom. The molecule has 0 atom stereocenters. The van der Waals surface area contributed by atoms with Crippen LogP contribution in [0.25, 0.3) is 10.9 Å². The molecule has 1 fully saturated rings. The van der Waals surface area contributed by atoms with Gasteiger partial charge in [-0.05, 0) is 48.7 Å². The van der Waals surface area contributed by atoms with Gasteiger partial charge in [-0.3, -0.25) is 0 Å². The second-order valence-electron chi connectivity index (χ2n) is 9.00. The summed E-state index contributed by atoms with van der Waals surface area (Å²) in [7, 11) is 0.0686. The number of rotatable bonds is 6.